The molecule has 5 heteroatoms. The zero-order valence-electron chi connectivity index (χ0n) is 30.7. The normalized spacial score (nSPS) is 13.9. The topological polar surface area (TPSA) is 89.8 Å². The zero-order valence-corrected chi connectivity index (χ0v) is 30.7. The third kappa shape index (κ3) is 31.4. The van der Waals surface area contributed by atoms with Gasteiger partial charge in [-0.1, -0.05) is 199 Å². The van der Waals surface area contributed by atoms with Crippen LogP contribution in [-0.4, -0.2) is 46.1 Å². The van der Waals surface area contributed by atoms with E-state index >= 15 is 0 Å². The van der Waals surface area contributed by atoms with Crippen LogP contribution in [0.3, 0.4) is 0 Å². The minimum absolute atomic E-state index is 0.374. The summed E-state index contributed by atoms with van der Waals surface area (Å²) in [7, 11) is 0. The van der Waals surface area contributed by atoms with E-state index < -0.39 is 24.2 Å². The van der Waals surface area contributed by atoms with Crippen LogP contribution in [0.15, 0.2) is 24.3 Å². The predicted octanol–water partition coefficient (Wildman–Crippen LogP) is 11.0. The molecule has 0 fully saturated rings. The minimum Gasteiger partial charge on any atom is -0.394 e. The Morgan fingerprint density at radius 3 is 1.33 bits per heavy atom. The Morgan fingerprint density at radius 2 is 0.891 bits per heavy atom. The summed E-state index contributed by atoms with van der Waals surface area (Å²) in [6.45, 7) is 4.13. The summed E-state index contributed by atoms with van der Waals surface area (Å²) in [5, 5.41) is 32.8. The van der Waals surface area contributed by atoms with Crippen LogP contribution in [0, 0.1) is 0 Å². The third-order valence-corrected chi connectivity index (χ3v) is 9.29. The summed E-state index contributed by atoms with van der Waals surface area (Å²) in [6.07, 6.45) is 43.7. The maximum atomic E-state index is 12.3. The summed E-state index contributed by atoms with van der Waals surface area (Å²) in [6, 6.07) is -0.808. The maximum Gasteiger partial charge on any atom is 0.249 e. The molecule has 5 nitrogen and oxygen atoms in total. The van der Waals surface area contributed by atoms with E-state index in [1.54, 1.807) is 6.08 Å². The van der Waals surface area contributed by atoms with E-state index in [1.165, 1.54) is 148 Å². The van der Waals surface area contributed by atoms with Gasteiger partial charge in [0.1, 0.15) is 6.10 Å². The molecule has 0 aromatic rings. The van der Waals surface area contributed by atoms with Crippen molar-refractivity contribution in [1.82, 2.24) is 5.32 Å². The van der Waals surface area contributed by atoms with Gasteiger partial charge in [0.2, 0.25) is 5.91 Å². The number of carbonyl (C=O) groups is 1. The number of carbonyl (C=O) groups excluding carboxylic acids is 1. The van der Waals surface area contributed by atoms with Gasteiger partial charge in [-0.05, 0) is 32.1 Å². The average Bonchev–Trinajstić information content (AvgIpc) is 3.06. The first-order valence-electron chi connectivity index (χ1n) is 20.2. The Labute approximate surface area is 286 Å². The minimum atomic E-state index is -1.10. The summed E-state index contributed by atoms with van der Waals surface area (Å²) in [4.78, 5) is 12.3. The SMILES string of the molecule is CCCCCCCCCCCCCCCCCCCC/C=C/CC/C=C/C(O)C(CO)NC(=O)C(O)CCCCCCCCCC. The highest BCUT2D eigenvalue weighted by Gasteiger charge is 2.22. The standard InChI is InChI=1S/C41H79NO4/c1-3-5-7-9-11-13-14-15-16-17-18-19-20-21-22-23-24-25-26-27-28-30-31-33-35-39(44)38(37-43)42-41(46)40(45)36-34-32-29-12-10-8-6-4-2/h27-28,33,35,38-40,43-45H,3-26,29-32,34,36-37H2,1-2H3,(H,42,46)/b28-27+,35-33+. The molecule has 0 aromatic heterocycles. The van der Waals surface area contributed by atoms with Crippen molar-refractivity contribution in [1.29, 1.82) is 0 Å². The Morgan fingerprint density at radius 1 is 0.522 bits per heavy atom. The summed E-state index contributed by atoms with van der Waals surface area (Å²) < 4.78 is 0. The van der Waals surface area contributed by atoms with E-state index in [0.29, 0.717) is 6.42 Å². The summed E-state index contributed by atoms with van der Waals surface area (Å²) in [5.41, 5.74) is 0. The molecule has 0 aliphatic heterocycles. The Kier molecular flexibility index (Phi) is 35.7. The molecule has 0 saturated carbocycles. The fourth-order valence-electron chi connectivity index (χ4n) is 6.08. The van der Waals surface area contributed by atoms with E-state index in [2.05, 4.69) is 31.3 Å². The number of hydrogen-bond donors (Lipinski definition) is 4. The molecule has 46 heavy (non-hydrogen) atoms. The van der Waals surface area contributed by atoms with E-state index in [-0.39, 0.29) is 6.61 Å². The number of aliphatic hydroxyl groups is 3. The van der Waals surface area contributed by atoms with Crippen LogP contribution >= 0.6 is 0 Å². The molecule has 1 amide bonds. The van der Waals surface area contributed by atoms with E-state index in [4.69, 9.17) is 0 Å². The van der Waals surface area contributed by atoms with Gasteiger partial charge in [0.05, 0.1) is 18.8 Å². The van der Waals surface area contributed by atoms with Crippen LogP contribution in [0.25, 0.3) is 0 Å². The quantitative estimate of drug-likeness (QED) is 0.0401. The van der Waals surface area contributed by atoms with Crippen molar-refractivity contribution in [2.45, 2.75) is 225 Å². The Balaban J connectivity index is 3.65. The van der Waals surface area contributed by atoms with E-state index in [1.807, 2.05) is 6.08 Å². The number of nitrogens with one attached hydrogen (secondary N) is 1. The van der Waals surface area contributed by atoms with Gasteiger partial charge in [0.25, 0.3) is 0 Å². The molecule has 0 bridgehead atoms. The van der Waals surface area contributed by atoms with Gasteiger partial charge in [-0.2, -0.15) is 0 Å². The number of hydrogen-bond acceptors (Lipinski definition) is 4. The number of aliphatic hydroxyl groups excluding tert-OH is 3. The Bertz CT molecular complexity index is 679. The average molecular weight is 650 g/mol. The smallest absolute Gasteiger partial charge is 0.249 e. The molecule has 272 valence electrons. The maximum absolute atomic E-state index is 12.3. The van der Waals surface area contributed by atoms with E-state index in [0.717, 1.165) is 38.5 Å². The number of rotatable bonds is 36. The zero-order chi connectivity index (χ0) is 33.8. The van der Waals surface area contributed by atoms with Gasteiger partial charge >= 0.3 is 0 Å². The lowest BCUT2D eigenvalue weighted by molar-refractivity contribution is -0.131. The van der Waals surface area contributed by atoms with Crippen molar-refractivity contribution >= 4 is 5.91 Å². The molecule has 0 spiro atoms. The largest absolute Gasteiger partial charge is 0.394 e. The van der Waals surface area contributed by atoms with Crippen LogP contribution in [-0.2, 0) is 4.79 Å². The molecular weight excluding hydrogens is 570 g/mol. The molecule has 3 unspecified atom stereocenters. The predicted molar refractivity (Wildman–Crippen MR) is 199 cm³/mol. The van der Waals surface area contributed by atoms with Crippen molar-refractivity contribution in [2.75, 3.05) is 6.61 Å². The van der Waals surface area contributed by atoms with Crippen molar-refractivity contribution in [3.8, 4) is 0 Å². The van der Waals surface area contributed by atoms with Crippen molar-refractivity contribution in [3.05, 3.63) is 24.3 Å². The number of amides is 1. The number of unbranched alkanes of at least 4 members (excludes halogenated alkanes) is 26. The van der Waals surface area contributed by atoms with Gasteiger partial charge in [-0.15, -0.1) is 0 Å². The molecule has 4 N–H and O–H groups in total. The second kappa shape index (κ2) is 36.7. The van der Waals surface area contributed by atoms with Crippen molar-refractivity contribution < 1.29 is 20.1 Å². The molecule has 0 aliphatic rings. The molecule has 0 aromatic carbocycles. The van der Waals surface area contributed by atoms with Crippen LogP contribution < -0.4 is 5.32 Å². The highest BCUT2D eigenvalue weighted by Crippen LogP contribution is 2.15. The van der Waals surface area contributed by atoms with Crippen LogP contribution in [0.5, 0.6) is 0 Å². The molecule has 0 rings (SSSR count). The summed E-state index contributed by atoms with van der Waals surface area (Å²) >= 11 is 0. The van der Waals surface area contributed by atoms with Gasteiger partial charge in [-0.25, -0.2) is 0 Å². The molecule has 3 atom stereocenters. The van der Waals surface area contributed by atoms with Crippen LogP contribution in [0.2, 0.25) is 0 Å². The molecule has 0 aliphatic carbocycles. The van der Waals surface area contributed by atoms with Gasteiger partial charge in [0, 0.05) is 0 Å². The molecule has 0 heterocycles. The Hall–Kier alpha value is -1.17. The lowest BCUT2D eigenvalue weighted by Crippen LogP contribution is -2.48. The third-order valence-electron chi connectivity index (χ3n) is 9.29. The van der Waals surface area contributed by atoms with Crippen molar-refractivity contribution in [2.24, 2.45) is 0 Å². The number of allylic oxidation sites excluding steroid dienone is 3. The first-order valence-corrected chi connectivity index (χ1v) is 20.2. The molecular formula is C41H79NO4. The highest BCUT2D eigenvalue weighted by molar-refractivity contribution is 5.80. The summed E-state index contributed by atoms with van der Waals surface area (Å²) in [5.74, 6) is -0.517. The van der Waals surface area contributed by atoms with E-state index in [9.17, 15) is 20.1 Å². The second-order valence-corrected chi connectivity index (χ2v) is 13.8. The first kappa shape index (κ1) is 44.8. The van der Waals surface area contributed by atoms with Gasteiger partial charge in [-0.3, -0.25) is 4.79 Å². The van der Waals surface area contributed by atoms with Gasteiger partial charge < -0.3 is 20.6 Å². The second-order valence-electron chi connectivity index (χ2n) is 13.8. The monoisotopic (exact) mass is 650 g/mol. The molecule has 0 radical (unpaired) electrons. The van der Waals surface area contributed by atoms with Crippen LogP contribution in [0.4, 0.5) is 0 Å². The van der Waals surface area contributed by atoms with Gasteiger partial charge in [0.15, 0.2) is 0 Å². The van der Waals surface area contributed by atoms with Crippen molar-refractivity contribution in [3.63, 3.8) is 0 Å². The lowest BCUT2D eigenvalue weighted by Gasteiger charge is -2.21. The first-order chi connectivity index (χ1) is 22.6. The fraction of sp³-hybridized carbons (Fsp3) is 0.878. The molecule has 0 saturated heterocycles. The van der Waals surface area contributed by atoms with Crippen LogP contribution in [0.1, 0.15) is 206 Å². The fourth-order valence-corrected chi connectivity index (χ4v) is 6.08. The highest BCUT2D eigenvalue weighted by atomic mass is 16.3. The lowest BCUT2D eigenvalue weighted by atomic mass is 10.0.